The zero-order valence-electron chi connectivity index (χ0n) is 10.4. The van der Waals surface area contributed by atoms with Gasteiger partial charge in [-0.15, -0.1) is 0 Å². The first-order chi connectivity index (χ1) is 8.06. The van der Waals surface area contributed by atoms with Gasteiger partial charge in [-0.1, -0.05) is 19.8 Å². The van der Waals surface area contributed by atoms with Crippen LogP contribution in [0.2, 0.25) is 0 Å². The average molecular weight is 236 g/mol. The SMILES string of the molecule is CCCCCNc1cc(C)c(N)c(C(=O)O)c1. The van der Waals surface area contributed by atoms with Crippen molar-refractivity contribution in [3.05, 3.63) is 23.3 Å². The molecule has 0 saturated heterocycles. The van der Waals surface area contributed by atoms with E-state index in [1.807, 2.05) is 13.0 Å². The van der Waals surface area contributed by atoms with Crippen molar-refractivity contribution in [2.75, 3.05) is 17.6 Å². The number of hydrogen-bond acceptors (Lipinski definition) is 3. The van der Waals surface area contributed by atoms with Crippen LogP contribution in [0.25, 0.3) is 0 Å². The predicted octanol–water partition coefficient (Wildman–Crippen LogP) is 2.88. The number of unbranched alkanes of at least 4 members (excludes halogenated alkanes) is 2. The smallest absolute Gasteiger partial charge is 0.337 e. The molecule has 0 amide bonds. The molecule has 0 unspecified atom stereocenters. The Kier molecular flexibility index (Phi) is 4.82. The third-order valence-corrected chi connectivity index (χ3v) is 2.73. The molecule has 94 valence electrons. The van der Waals surface area contributed by atoms with Gasteiger partial charge < -0.3 is 16.2 Å². The first-order valence-corrected chi connectivity index (χ1v) is 5.93. The number of carbonyl (C=O) groups is 1. The zero-order chi connectivity index (χ0) is 12.8. The largest absolute Gasteiger partial charge is 0.478 e. The second-order valence-corrected chi connectivity index (χ2v) is 4.19. The van der Waals surface area contributed by atoms with Crippen LogP contribution in [0.1, 0.15) is 42.1 Å². The number of nitrogen functional groups attached to an aromatic ring is 1. The molecule has 17 heavy (non-hydrogen) atoms. The summed E-state index contributed by atoms with van der Waals surface area (Å²) in [7, 11) is 0. The normalized spacial score (nSPS) is 10.2. The van der Waals surface area contributed by atoms with Crippen LogP contribution in [-0.2, 0) is 0 Å². The average Bonchev–Trinajstić information content (AvgIpc) is 2.28. The molecular formula is C13H20N2O2. The highest BCUT2D eigenvalue weighted by atomic mass is 16.4. The van der Waals surface area contributed by atoms with Crippen molar-refractivity contribution < 1.29 is 9.90 Å². The van der Waals surface area contributed by atoms with Crippen molar-refractivity contribution >= 4 is 17.3 Å². The van der Waals surface area contributed by atoms with Gasteiger partial charge in [-0.3, -0.25) is 0 Å². The predicted molar refractivity (Wildman–Crippen MR) is 70.6 cm³/mol. The van der Waals surface area contributed by atoms with E-state index in [1.165, 1.54) is 12.8 Å². The highest BCUT2D eigenvalue weighted by Crippen LogP contribution is 2.22. The molecular weight excluding hydrogens is 216 g/mol. The lowest BCUT2D eigenvalue weighted by atomic mass is 10.1. The molecule has 0 fully saturated rings. The molecule has 0 aliphatic carbocycles. The van der Waals surface area contributed by atoms with Crippen LogP contribution in [0.5, 0.6) is 0 Å². The first-order valence-electron chi connectivity index (χ1n) is 5.93. The molecule has 0 saturated carbocycles. The number of nitrogens with one attached hydrogen (secondary N) is 1. The van der Waals surface area contributed by atoms with E-state index in [2.05, 4.69) is 12.2 Å². The van der Waals surface area contributed by atoms with Crippen LogP contribution >= 0.6 is 0 Å². The van der Waals surface area contributed by atoms with Gasteiger partial charge in [0.05, 0.1) is 5.56 Å². The van der Waals surface area contributed by atoms with E-state index in [0.717, 1.165) is 24.2 Å². The molecule has 1 aromatic rings. The molecule has 0 heterocycles. The Hall–Kier alpha value is -1.71. The Morgan fingerprint density at radius 3 is 2.71 bits per heavy atom. The van der Waals surface area contributed by atoms with Gasteiger partial charge in [-0.25, -0.2) is 4.79 Å². The lowest BCUT2D eigenvalue weighted by Crippen LogP contribution is -2.07. The Morgan fingerprint density at radius 1 is 1.41 bits per heavy atom. The highest BCUT2D eigenvalue weighted by molar-refractivity contribution is 5.95. The zero-order valence-corrected chi connectivity index (χ0v) is 10.4. The number of rotatable bonds is 6. The number of aryl methyl sites for hydroxylation is 1. The van der Waals surface area contributed by atoms with Gasteiger partial charge in [0.1, 0.15) is 0 Å². The van der Waals surface area contributed by atoms with Crippen molar-refractivity contribution in [2.24, 2.45) is 0 Å². The van der Waals surface area contributed by atoms with E-state index in [1.54, 1.807) is 6.07 Å². The molecule has 0 aromatic heterocycles. The Bertz CT molecular complexity index is 403. The van der Waals surface area contributed by atoms with Crippen molar-refractivity contribution in [3.8, 4) is 0 Å². The summed E-state index contributed by atoms with van der Waals surface area (Å²) in [5.74, 6) is -0.984. The maximum Gasteiger partial charge on any atom is 0.337 e. The Morgan fingerprint density at radius 2 is 2.12 bits per heavy atom. The topological polar surface area (TPSA) is 75.3 Å². The van der Waals surface area contributed by atoms with Gasteiger partial charge >= 0.3 is 5.97 Å². The monoisotopic (exact) mass is 236 g/mol. The number of anilines is 2. The summed E-state index contributed by atoms with van der Waals surface area (Å²) in [5, 5.41) is 12.2. The molecule has 0 spiro atoms. The number of nitrogens with two attached hydrogens (primary N) is 1. The maximum atomic E-state index is 11.0. The number of carboxylic acids is 1. The fourth-order valence-corrected chi connectivity index (χ4v) is 1.69. The Balaban J connectivity index is 2.77. The van der Waals surface area contributed by atoms with E-state index in [9.17, 15) is 4.79 Å². The van der Waals surface area contributed by atoms with Crippen molar-refractivity contribution in [2.45, 2.75) is 33.1 Å². The fourth-order valence-electron chi connectivity index (χ4n) is 1.69. The standard InChI is InChI=1S/C13H20N2O2/c1-3-4-5-6-15-10-7-9(2)12(14)11(8-10)13(16)17/h7-8,15H,3-6,14H2,1-2H3,(H,16,17). The van der Waals surface area contributed by atoms with E-state index >= 15 is 0 Å². The van der Waals surface area contributed by atoms with E-state index in [4.69, 9.17) is 10.8 Å². The molecule has 4 heteroatoms. The van der Waals surface area contributed by atoms with E-state index < -0.39 is 5.97 Å². The summed E-state index contributed by atoms with van der Waals surface area (Å²) in [6, 6.07) is 3.48. The minimum absolute atomic E-state index is 0.169. The highest BCUT2D eigenvalue weighted by Gasteiger charge is 2.11. The van der Waals surface area contributed by atoms with Crippen molar-refractivity contribution in [1.29, 1.82) is 0 Å². The second-order valence-electron chi connectivity index (χ2n) is 4.19. The van der Waals surface area contributed by atoms with Gasteiger partial charge in [0.25, 0.3) is 0 Å². The minimum atomic E-state index is -0.984. The summed E-state index contributed by atoms with van der Waals surface area (Å²) in [6.45, 7) is 4.82. The molecule has 0 atom stereocenters. The summed E-state index contributed by atoms with van der Waals surface area (Å²) in [6.07, 6.45) is 3.43. The fraction of sp³-hybridized carbons (Fsp3) is 0.462. The molecule has 0 aliphatic heterocycles. The minimum Gasteiger partial charge on any atom is -0.478 e. The molecule has 0 bridgehead atoms. The van der Waals surface area contributed by atoms with Gasteiger partial charge in [-0.2, -0.15) is 0 Å². The van der Waals surface area contributed by atoms with Crippen LogP contribution < -0.4 is 11.1 Å². The third kappa shape index (κ3) is 3.66. The first kappa shape index (κ1) is 13.4. The summed E-state index contributed by atoms with van der Waals surface area (Å²) >= 11 is 0. The Labute approximate surface area is 102 Å². The van der Waals surface area contributed by atoms with Crippen molar-refractivity contribution in [1.82, 2.24) is 0 Å². The van der Waals surface area contributed by atoms with Crippen LogP contribution in [0.4, 0.5) is 11.4 Å². The summed E-state index contributed by atoms with van der Waals surface area (Å²) in [5.41, 5.74) is 7.85. The second kappa shape index (κ2) is 6.13. The van der Waals surface area contributed by atoms with Crippen LogP contribution in [0.15, 0.2) is 12.1 Å². The van der Waals surface area contributed by atoms with E-state index in [-0.39, 0.29) is 5.56 Å². The van der Waals surface area contributed by atoms with Crippen LogP contribution in [0.3, 0.4) is 0 Å². The summed E-state index contributed by atoms with van der Waals surface area (Å²) < 4.78 is 0. The van der Waals surface area contributed by atoms with Gasteiger partial charge in [0.2, 0.25) is 0 Å². The van der Waals surface area contributed by atoms with Crippen LogP contribution in [-0.4, -0.2) is 17.6 Å². The molecule has 4 N–H and O–H groups in total. The van der Waals surface area contributed by atoms with Gasteiger partial charge in [0.15, 0.2) is 0 Å². The van der Waals surface area contributed by atoms with E-state index in [0.29, 0.717) is 5.69 Å². The molecule has 4 nitrogen and oxygen atoms in total. The van der Waals surface area contributed by atoms with Crippen LogP contribution in [0, 0.1) is 6.92 Å². The third-order valence-electron chi connectivity index (χ3n) is 2.73. The molecule has 0 radical (unpaired) electrons. The lowest BCUT2D eigenvalue weighted by molar-refractivity contribution is 0.0698. The maximum absolute atomic E-state index is 11.0. The van der Waals surface area contributed by atoms with Gasteiger partial charge in [0, 0.05) is 17.9 Å². The number of benzene rings is 1. The molecule has 1 rings (SSSR count). The number of aromatic carboxylic acids is 1. The molecule has 0 aliphatic rings. The lowest BCUT2D eigenvalue weighted by Gasteiger charge is -2.11. The van der Waals surface area contributed by atoms with Crippen molar-refractivity contribution in [3.63, 3.8) is 0 Å². The number of carboxylic acid groups (broad SMARTS) is 1. The number of hydrogen-bond donors (Lipinski definition) is 3. The summed E-state index contributed by atoms with van der Waals surface area (Å²) in [4.78, 5) is 11.0. The quantitative estimate of drug-likeness (QED) is 0.524. The molecule has 1 aromatic carbocycles. The van der Waals surface area contributed by atoms with Gasteiger partial charge in [-0.05, 0) is 31.0 Å².